The number of halogens is 2. The van der Waals surface area contributed by atoms with Gasteiger partial charge in [-0.25, -0.2) is 8.78 Å². The van der Waals surface area contributed by atoms with E-state index in [0.29, 0.717) is 17.0 Å². The van der Waals surface area contributed by atoms with Gasteiger partial charge in [0.15, 0.2) is 0 Å². The van der Waals surface area contributed by atoms with Crippen LogP contribution in [0.5, 0.6) is 0 Å². The molecule has 0 spiro atoms. The molecule has 1 N–H and O–H groups in total. The summed E-state index contributed by atoms with van der Waals surface area (Å²) in [6.45, 7) is 3.60. The fourth-order valence-electron chi connectivity index (χ4n) is 3.12. The van der Waals surface area contributed by atoms with E-state index in [4.69, 9.17) is 0 Å². The largest absolute Gasteiger partial charge is 0.340 e. The molecule has 0 radical (unpaired) electrons. The van der Waals surface area contributed by atoms with Crippen molar-refractivity contribution in [3.8, 4) is 0 Å². The molecule has 1 saturated heterocycles. The van der Waals surface area contributed by atoms with Gasteiger partial charge in [-0.15, -0.1) is 0 Å². The first-order valence-electron chi connectivity index (χ1n) is 7.87. The van der Waals surface area contributed by atoms with E-state index in [1.807, 2.05) is 0 Å². The predicted octanol–water partition coefficient (Wildman–Crippen LogP) is 1.85. The molecular formula is C17H18F2N4O2. The summed E-state index contributed by atoms with van der Waals surface area (Å²) in [5.41, 5.74) is 1.27. The summed E-state index contributed by atoms with van der Waals surface area (Å²) in [6, 6.07) is 2.60. The van der Waals surface area contributed by atoms with Crippen LogP contribution in [0.15, 0.2) is 18.2 Å². The first-order chi connectivity index (χ1) is 11.8. The minimum atomic E-state index is -0.828. The smallest absolute Gasteiger partial charge is 0.255 e. The van der Waals surface area contributed by atoms with Crippen molar-refractivity contribution in [1.29, 1.82) is 0 Å². The van der Waals surface area contributed by atoms with Crippen LogP contribution in [0.2, 0.25) is 0 Å². The van der Waals surface area contributed by atoms with Crippen LogP contribution < -0.4 is 10.2 Å². The Balaban J connectivity index is 1.80. The lowest BCUT2D eigenvalue weighted by Gasteiger charge is -2.18. The average molecular weight is 348 g/mol. The lowest BCUT2D eigenvalue weighted by Crippen LogP contribution is -2.42. The van der Waals surface area contributed by atoms with Gasteiger partial charge in [-0.3, -0.25) is 14.3 Å². The number of carbonyl (C=O) groups excluding carboxylic acids is 2. The van der Waals surface area contributed by atoms with E-state index in [1.165, 1.54) is 6.07 Å². The lowest BCUT2D eigenvalue weighted by molar-refractivity contribution is -0.118. The second kappa shape index (κ2) is 6.27. The van der Waals surface area contributed by atoms with Gasteiger partial charge in [0.1, 0.15) is 23.4 Å². The molecule has 1 fully saturated rings. The summed E-state index contributed by atoms with van der Waals surface area (Å²) in [5.74, 6) is -2.56. The lowest BCUT2D eigenvalue weighted by atomic mass is 10.1. The number of para-hydroxylation sites is 1. The van der Waals surface area contributed by atoms with E-state index in [1.54, 1.807) is 25.6 Å². The van der Waals surface area contributed by atoms with Crippen LogP contribution in [0, 0.1) is 25.5 Å². The second-order valence-electron chi connectivity index (χ2n) is 6.04. The molecule has 3 rings (SSSR count). The first kappa shape index (κ1) is 17.1. The highest BCUT2D eigenvalue weighted by atomic mass is 19.1. The van der Waals surface area contributed by atoms with Gasteiger partial charge in [0.25, 0.3) is 5.91 Å². The molecule has 2 aromatic rings. The van der Waals surface area contributed by atoms with E-state index in [2.05, 4.69) is 10.4 Å². The van der Waals surface area contributed by atoms with Gasteiger partial charge in [0, 0.05) is 19.3 Å². The molecule has 1 aliphatic heterocycles. The van der Waals surface area contributed by atoms with Crippen molar-refractivity contribution >= 4 is 17.5 Å². The van der Waals surface area contributed by atoms with Gasteiger partial charge >= 0.3 is 0 Å². The van der Waals surface area contributed by atoms with Gasteiger partial charge < -0.3 is 10.2 Å². The highest BCUT2D eigenvalue weighted by Crippen LogP contribution is 2.27. The van der Waals surface area contributed by atoms with Crippen LogP contribution in [0.3, 0.4) is 0 Å². The van der Waals surface area contributed by atoms with Crippen LogP contribution in [0.4, 0.5) is 14.5 Å². The highest BCUT2D eigenvalue weighted by molar-refractivity contribution is 6.04. The summed E-state index contributed by atoms with van der Waals surface area (Å²) in [4.78, 5) is 26.0. The molecule has 2 heterocycles. The molecule has 0 saturated carbocycles. The van der Waals surface area contributed by atoms with Crippen molar-refractivity contribution < 1.29 is 18.4 Å². The van der Waals surface area contributed by atoms with Crippen molar-refractivity contribution in [2.24, 2.45) is 7.05 Å². The van der Waals surface area contributed by atoms with Gasteiger partial charge in [0.05, 0.1) is 11.3 Å². The maximum absolute atomic E-state index is 13.9. The maximum Gasteiger partial charge on any atom is 0.255 e. The number of nitrogens with zero attached hydrogens (tertiary/aromatic N) is 3. The second-order valence-corrected chi connectivity index (χ2v) is 6.04. The molecule has 0 unspecified atom stereocenters. The molecule has 8 heteroatoms. The van der Waals surface area contributed by atoms with E-state index in [0.717, 1.165) is 17.0 Å². The quantitative estimate of drug-likeness (QED) is 0.921. The SMILES string of the molecule is Cc1nn(C)c(C)c1C(=O)N[C@@H]1CCN(c2c(F)cccc2F)C1=O. The van der Waals surface area contributed by atoms with E-state index >= 15 is 0 Å². The standard InChI is InChI=1S/C17H18F2N4O2/c1-9-14(10(2)22(3)21-9)16(24)20-13-7-8-23(17(13)25)15-11(18)5-4-6-12(15)19/h4-6,13H,7-8H2,1-3H3,(H,20,24)/t13-/m1/s1. The number of rotatable bonds is 3. The third-order valence-electron chi connectivity index (χ3n) is 4.45. The number of amides is 2. The number of anilines is 1. The highest BCUT2D eigenvalue weighted by Gasteiger charge is 2.36. The van der Waals surface area contributed by atoms with Gasteiger partial charge in [0.2, 0.25) is 5.91 Å². The normalized spacial score (nSPS) is 17.2. The minimum Gasteiger partial charge on any atom is -0.340 e. The van der Waals surface area contributed by atoms with Crippen LogP contribution in [-0.2, 0) is 11.8 Å². The number of aryl methyl sites for hydroxylation is 2. The van der Waals surface area contributed by atoms with Crippen LogP contribution in [-0.4, -0.2) is 34.2 Å². The van der Waals surface area contributed by atoms with Crippen molar-refractivity contribution in [2.75, 3.05) is 11.4 Å². The fourth-order valence-corrected chi connectivity index (χ4v) is 3.12. The first-order valence-corrected chi connectivity index (χ1v) is 7.87. The van der Waals surface area contributed by atoms with Crippen LogP contribution in [0.25, 0.3) is 0 Å². The molecule has 1 aromatic carbocycles. The summed E-state index contributed by atoms with van der Waals surface area (Å²) >= 11 is 0. The Morgan fingerprint density at radius 3 is 2.48 bits per heavy atom. The Morgan fingerprint density at radius 1 is 1.28 bits per heavy atom. The number of aromatic nitrogens is 2. The summed E-state index contributed by atoms with van der Waals surface area (Å²) < 4.78 is 29.4. The van der Waals surface area contributed by atoms with E-state index in [-0.39, 0.29) is 18.7 Å². The molecule has 25 heavy (non-hydrogen) atoms. The third kappa shape index (κ3) is 2.88. The molecule has 2 amide bonds. The minimum absolute atomic E-state index is 0.132. The van der Waals surface area contributed by atoms with Gasteiger partial charge in [-0.1, -0.05) is 6.07 Å². The molecule has 0 aliphatic carbocycles. The Hall–Kier alpha value is -2.77. The molecule has 1 aromatic heterocycles. The predicted molar refractivity (Wildman–Crippen MR) is 87.3 cm³/mol. The number of benzene rings is 1. The molecule has 1 aliphatic rings. The summed E-state index contributed by atoms with van der Waals surface area (Å²) in [5, 5.41) is 6.82. The molecule has 6 nitrogen and oxygen atoms in total. The Labute approximate surface area is 143 Å². The molecular weight excluding hydrogens is 330 g/mol. The molecule has 1 atom stereocenters. The van der Waals surface area contributed by atoms with Crippen LogP contribution in [0.1, 0.15) is 28.2 Å². The summed E-state index contributed by atoms with van der Waals surface area (Å²) in [7, 11) is 1.72. The zero-order chi connectivity index (χ0) is 18.3. The number of hydrogen-bond acceptors (Lipinski definition) is 3. The molecule has 132 valence electrons. The third-order valence-corrected chi connectivity index (χ3v) is 4.45. The van der Waals surface area contributed by atoms with E-state index in [9.17, 15) is 18.4 Å². The number of hydrogen-bond donors (Lipinski definition) is 1. The van der Waals surface area contributed by atoms with E-state index < -0.39 is 29.5 Å². The monoisotopic (exact) mass is 348 g/mol. The number of nitrogens with one attached hydrogen (secondary N) is 1. The summed E-state index contributed by atoms with van der Waals surface area (Å²) in [6.07, 6.45) is 0.275. The maximum atomic E-state index is 13.9. The number of carbonyl (C=O) groups is 2. The van der Waals surface area contributed by atoms with Crippen molar-refractivity contribution in [3.05, 3.63) is 46.8 Å². The fraction of sp³-hybridized carbons (Fsp3) is 0.353. The van der Waals surface area contributed by atoms with Crippen molar-refractivity contribution in [1.82, 2.24) is 15.1 Å². The van der Waals surface area contributed by atoms with Crippen molar-refractivity contribution in [2.45, 2.75) is 26.3 Å². The Kier molecular flexibility index (Phi) is 4.28. The molecule has 0 bridgehead atoms. The average Bonchev–Trinajstić information content (AvgIpc) is 3.00. The zero-order valence-corrected chi connectivity index (χ0v) is 14.1. The van der Waals surface area contributed by atoms with Crippen molar-refractivity contribution in [3.63, 3.8) is 0 Å². The Bertz CT molecular complexity index is 842. The Morgan fingerprint density at radius 2 is 1.92 bits per heavy atom. The topological polar surface area (TPSA) is 67.2 Å². The van der Waals surface area contributed by atoms with Gasteiger partial charge in [-0.2, -0.15) is 5.10 Å². The van der Waals surface area contributed by atoms with Crippen LogP contribution >= 0.6 is 0 Å². The zero-order valence-electron chi connectivity index (χ0n) is 14.1. The van der Waals surface area contributed by atoms with Gasteiger partial charge in [-0.05, 0) is 32.4 Å².